The van der Waals surface area contributed by atoms with E-state index in [1.165, 1.54) is 18.3 Å². The second-order valence-electron chi connectivity index (χ2n) is 8.74. The molecule has 0 aliphatic carbocycles. The summed E-state index contributed by atoms with van der Waals surface area (Å²) in [6, 6.07) is 19.2. The number of carbonyl (C=O) groups is 3. The summed E-state index contributed by atoms with van der Waals surface area (Å²) in [6.45, 7) is -0.902. The molecule has 0 fully saturated rings. The lowest BCUT2D eigenvalue weighted by Crippen LogP contribution is -2.55. The van der Waals surface area contributed by atoms with Crippen LogP contribution in [0, 0.1) is 11.3 Å². The Bertz CT molecular complexity index is 1430. The summed E-state index contributed by atoms with van der Waals surface area (Å²) >= 11 is 3.34. The van der Waals surface area contributed by atoms with Crippen molar-refractivity contribution in [2.45, 2.75) is 25.1 Å². The number of hydrogen-bond acceptors (Lipinski definition) is 9. The number of hydrogen-bond donors (Lipinski definition) is 5. The van der Waals surface area contributed by atoms with Gasteiger partial charge in [0.2, 0.25) is 5.91 Å². The van der Waals surface area contributed by atoms with Gasteiger partial charge in [0.1, 0.15) is 36.3 Å². The molecule has 3 aromatic rings. The maximum atomic E-state index is 13.0. The molecule has 0 aliphatic rings. The number of phenolic OH excluding ortho intramolecular Hbond substituents is 1. The van der Waals surface area contributed by atoms with E-state index in [9.17, 15) is 24.6 Å². The molecule has 0 saturated carbocycles. The van der Waals surface area contributed by atoms with Gasteiger partial charge < -0.3 is 30.3 Å². The predicted molar refractivity (Wildman–Crippen MR) is 155 cm³/mol. The third-order valence-corrected chi connectivity index (χ3v) is 6.27. The monoisotopic (exact) mass is 637 g/mol. The van der Waals surface area contributed by atoms with Crippen LogP contribution in [-0.4, -0.2) is 59.6 Å². The Balaban J connectivity index is 1.65. The van der Waals surface area contributed by atoms with E-state index >= 15 is 0 Å². The van der Waals surface area contributed by atoms with E-state index in [2.05, 4.69) is 37.1 Å². The Hall–Kier alpha value is -4.93. The van der Waals surface area contributed by atoms with Crippen molar-refractivity contribution in [2.24, 2.45) is 5.10 Å². The zero-order valence-corrected chi connectivity index (χ0v) is 23.8. The van der Waals surface area contributed by atoms with Gasteiger partial charge in [-0.2, -0.15) is 10.4 Å². The lowest BCUT2D eigenvalue weighted by Gasteiger charge is -2.21. The van der Waals surface area contributed by atoms with Gasteiger partial charge in [-0.1, -0.05) is 42.5 Å². The Morgan fingerprint density at radius 3 is 2.38 bits per heavy atom. The number of carbonyl (C=O) groups excluding carboxylic acids is 3. The molecule has 0 aliphatic heterocycles. The molecular formula is C29H28BrN5O7. The highest BCUT2D eigenvalue weighted by Gasteiger charge is 2.27. The first kappa shape index (κ1) is 31.6. The number of aliphatic hydroxyl groups is 1. The molecule has 3 rings (SSSR count). The molecule has 5 N–H and O–H groups in total. The van der Waals surface area contributed by atoms with Crippen LogP contribution in [0.4, 0.5) is 4.79 Å². The van der Waals surface area contributed by atoms with Gasteiger partial charge in [-0.05, 0) is 63.0 Å². The molecule has 3 aromatic carbocycles. The maximum Gasteiger partial charge on any atom is 0.408 e. The minimum absolute atomic E-state index is 0.0143. The zero-order chi connectivity index (χ0) is 30.3. The molecule has 0 aromatic heterocycles. The molecule has 0 spiro atoms. The molecule has 0 saturated heterocycles. The first-order chi connectivity index (χ1) is 20.3. The minimum atomic E-state index is -1.40. The molecule has 3 amide bonds. The van der Waals surface area contributed by atoms with Gasteiger partial charge in [0, 0.05) is 6.42 Å². The number of alkyl carbamates (subject to hydrolysis) is 1. The lowest BCUT2D eigenvalue weighted by molar-refractivity contribution is -0.130. The number of phenols is 1. The number of nitrogens with zero attached hydrogens (tertiary/aromatic N) is 2. The number of aromatic hydroxyl groups is 1. The van der Waals surface area contributed by atoms with Gasteiger partial charge in [-0.15, -0.1) is 0 Å². The van der Waals surface area contributed by atoms with Crippen molar-refractivity contribution in [1.82, 2.24) is 16.1 Å². The fraction of sp³-hybridized carbons (Fsp3) is 0.207. The minimum Gasteiger partial charge on any atom is -0.508 e. The van der Waals surface area contributed by atoms with Crippen molar-refractivity contribution in [1.29, 1.82) is 5.26 Å². The summed E-state index contributed by atoms with van der Waals surface area (Å²) in [6.07, 6.45) is 0.463. The summed E-state index contributed by atoms with van der Waals surface area (Å²) in [5.41, 5.74) is 4.33. The second-order valence-corrected chi connectivity index (χ2v) is 9.60. The highest BCUT2D eigenvalue weighted by atomic mass is 79.9. The molecule has 0 radical (unpaired) electrons. The number of amides is 3. The Kier molecular flexibility index (Phi) is 12.3. The third kappa shape index (κ3) is 10.2. The third-order valence-electron chi connectivity index (χ3n) is 5.65. The van der Waals surface area contributed by atoms with E-state index in [-0.39, 0.29) is 25.4 Å². The van der Waals surface area contributed by atoms with Gasteiger partial charge in [0.15, 0.2) is 6.61 Å². The first-order valence-corrected chi connectivity index (χ1v) is 13.4. The van der Waals surface area contributed by atoms with Gasteiger partial charge in [0.05, 0.1) is 17.3 Å². The van der Waals surface area contributed by atoms with Crippen LogP contribution in [0.5, 0.6) is 11.5 Å². The molecule has 0 heterocycles. The lowest BCUT2D eigenvalue weighted by atomic mass is 10.0. The first-order valence-electron chi connectivity index (χ1n) is 12.6. The van der Waals surface area contributed by atoms with E-state index in [0.717, 1.165) is 5.56 Å². The topological polar surface area (TPSA) is 182 Å². The van der Waals surface area contributed by atoms with Gasteiger partial charge in [-0.3, -0.25) is 9.59 Å². The van der Waals surface area contributed by atoms with Crippen LogP contribution in [0.3, 0.4) is 0 Å². The molecule has 12 nitrogen and oxygen atoms in total. The number of rotatable bonds is 13. The largest absolute Gasteiger partial charge is 0.508 e. The fourth-order valence-corrected chi connectivity index (χ4v) is 4.03. The molecule has 218 valence electrons. The van der Waals surface area contributed by atoms with Crippen LogP contribution in [0.2, 0.25) is 0 Å². The van der Waals surface area contributed by atoms with Crippen molar-refractivity contribution in [3.8, 4) is 17.6 Å². The summed E-state index contributed by atoms with van der Waals surface area (Å²) in [5, 5.41) is 36.8. The molecule has 13 heteroatoms. The average molecular weight is 638 g/mol. The van der Waals surface area contributed by atoms with E-state index in [1.807, 2.05) is 12.1 Å². The van der Waals surface area contributed by atoms with Gasteiger partial charge in [-0.25, -0.2) is 10.2 Å². The molecule has 42 heavy (non-hydrogen) atoms. The molecule has 2 atom stereocenters. The average Bonchev–Trinajstić information content (AvgIpc) is 2.99. The SMILES string of the molecule is N#CCOc1ccc(/C=N\NC(=O)[C@H](Cc2ccc(O)cc2)NC(=O)[C@H](CO)NC(=O)OCc2ccccc2)cc1Br. The molecular weight excluding hydrogens is 610 g/mol. The molecule has 0 unspecified atom stereocenters. The number of nitrogens with one attached hydrogen (secondary N) is 3. The maximum absolute atomic E-state index is 13.0. The standard InChI is InChI=1S/C29H28BrN5O7/c30-23-14-21(8-11-26(23)41-13-12-31)16-32-35-28(39)24(15-19-6-9-22(37)10-7-19)33-27(38)25(17-36)34-29(40)42-18-20-4-2-1-3-5-20/h1-11,14,16,24-25,36-37H,13,15,17-18H2,(H,33,38)(H,34,40)(H,35,39)/b32-16-/t24-,25-/m0/s1. The predicted octanol–water partition coefficient (Wildman–Crippen LogP) is 2.52. The summed E-state index contributed by atoms with van der Waals surface area (Å²) in [4.78, 5) is 38.2. The van der Waals surface area contributed by atoms with Crippen LogP contribution in [0.1, 0.15) is 16.7 Å². The van der Waals surface area contributed by atoms with Crippen LogP contribution in [-0.2, 0) is 27.4 Å². The van der Waals surface area contributed by atoms with Crippen molar-refractivity contribution in [2.75, 3.05) is 13.2 Å². The second kappa shape index (κ2) is 16.4. The Morgan fingerprint density at radius 1 is 0.976 bits per heavy atom. The van der Waals surface area contributed by atoms with Crippen molar-refractivity contribution in [3.05, 3.63) is 94.0 Å². The van der Waals surface area contributed by atoms with Crippen molar-refractivity contribution < 1.29 is 34.1 Å². The normalized spacial score (nSPS) is 12.0. The van der Waals surface area contributed by atoms with Crippen molar-refractivity contribution in [3.63, 3.8) is 0 Å². The number of halogens is 1. The van der Waals surface area contributed by atoms with Crippen LogP contribution >= 0.6 is 15.9 Å². The van der Waals surface area contributed by atoms with Crippen molar-refractivity contribution >= 4 is 40.1 Å². The highest BCUT2D eigenvalue weighted by Crippen LogP contribution is 2.25. The number of nitriles is 1. The smallest absolute Gasteiger partial charge is 0.408 e. The Labute approximate surface area is 250 Å². The zero-order valence-electron chi connectivity index (χ0n) is 22.2. The van der Waals surface area contributed by atoms with Crippen LogP contribution in [0.25, 0.3) is 0 Å². The molecule has 0 bridgehead atoms. The van der Waals surface area contributed by atoms with Gasteiger partial charge >= 0.3 is 6.09 Å². The quantitative estimate of drug-likeness (QED) is 0.140. The van der Waals surface area contributed by atoms with Crippen LogP contribution < -0.4 is 20.8 Å². The van der Waals surface area contributed by atoms with E-state index in [1.54, 1.807) is 54.6 Å². The van der Waals surface area contributed by atoms with E-state index in [4.69, 9.17) is 14.7 Å². The van der Waals surface area contributed by atoms with E-state index in [0.29, 0.717) is 21.3 Å². The summed E-state index contributed by atoms with van der Waals surface area (Å²) in [5.74, 6) is -1.01. The van der Waals surface area contributed by atoms with E-state index < -0.39 is 36.6 Å². The summed E-state index contributed by atoms with van der Waals surface area (Å²) < 4.78 is 11.0. The summed E-state index contributed by atoms with van der Waals surface area (Å²) in [7, 11) is 0. The Morgan fingerprint density at radius 2 is 1.71 bits per heavy atom. The van der Waals surface area contributed by atoms with Gasteiger partial charge in [0.25, 0.3) is 5.91 Å². The number of ether oxygens (including phenoxy) is 2. The number of hydrazone groups is 1. The van der Waals surface area contributed by atoms with Crippen LogP contribution in [0.15, 0.2) is 82.4 Å². The number of aliphatic hydroxyl groups excluding tert-OH is 1. The number of benzene rings is 3. The fourth-order valence-electron chi connectivity index (χ4n) is 3.52. The highest BCUT2D eigenvalue weighted by molar-refractivity contribution is 9.10.